The maximum Gasteiger partial charge on any atom is 2.00 e. The third kappa shape index (κ3) is 18.9. The number of aromatic nitrogens is 8. The van der Waals surface area contributed by atoms with Crippen molar-refractivity contribution in [3.8, 4) is 45.6 Å². The number of fused-ring (bicyclic) bond motifs is 20. The van der Waals surface area contributed by atoms with Crippen molar-refractivity contribution >= 4 is 124 Å². The van der Waals surface area contributed by atoms with Crippen molar-refractivity contribution in [3.63, 3.8) is 0 Å². The molecule has 1 atom stereocenters. The molecule has 0 aliphatic carbocycles. The van der Waals surface area contributed by atoms with E-state index in [1.165, 1.54) is 43.3 Å². The number of hydrogen-bond donors (Lipinski definition) is 1. The van der Waals surface area contributed by atoms with Crippen molar-refractivity contribution in [3.05, 3.63) is 72.8 Å². The van der Waals surface area contributed by atoms with Gasteiger partial charge in [-0.15, -0.1) is 6.10 Å². The summed E-state index contributed by atoms with van der Waals surface area (Å²) in [6.45, 7) is 0.810. The van der Waals surface area contributed by atoms with Gasteiger partial charge in [-0.2, -0.15) is 0 Å². The zero-order valence-corrected chi connectivity index (χ0v) is 55.0. The third-order valence-electron chi connectivity index (χ3n) is 12.9. The van der Waals surface area contributed by atoms with Crippen LogP contribution in [-0.4, -0.2) is 170 Å². The molecule has 0 spiro atoms. The van der Waals surface area contributed by atoms with Crippen LogP contribution in [-0.2, 0) is 96.8 Å². The number of sulfone groups is 4. The molecule has 459 valence electrons. The Labute approximate surface area is 570 Å². The predicted molar refractivity (Wildman–Crippen MR) is 296 cm³/mol. The maximum absolute atomic E-state index is 13.9. The molecule has 1 unspecified atom stereocenters. The van der Waals surface area contributed by atoms with Crippen molar-refractivity contribution in [1.82, 2.24) is 44.6 Å². The molecule has 1 N–H and O–H groups in total. The van der Waals surface area contributed by atoms with Crippen LogP contribution in [0.25, 0.3) is 89.7 Å². The summed E-state index contributed by atoms with van der Waals surface area (Å²) in [4.78, 5) is 35.8. The van der Waals surface area contributed by atoms with Crippen molar-refractivity contribution in [2.24, 2.45) is 0 Å². The van der Waals surface area contributed by atoms with Crippen LogP contribution in [0.2, 0.25) is 0 Å². The smallest absolute Gasteiger partial charge is 0.851 e. The van der Waals surface area contributed by atoms with Crippen LogP contribution in [0.4, 0.5) is 0 Å². The zero-order valence-electron chi connectivity index (χ0n) is 47.5. The van der Waals surface area contributed by atoms with Crippen LogP contribution in [0, 0.1) is 0 Å². The number of rotatable bonds is 23. The number of benzene rings is 4. The van der Waals surface area contributed by atoms with Gasteiger partial charge in [0.1, 0.15) is 0 Å². The first-order valence-electron chi connectivity index (χ1n) is 24.6. The van der Waals surface area contributed by atoms with Gasteiger partial charge in [0, 0.05) is 62.1 Å². The fraction of sp³-hybridized carbons (Fsp3) is 0.319. The van der Waals surface area contributed by atoms with Crippen molar-refractivity contribution in [2.75, 3.05) is 52.6 Å². The van der Waals surface area contributed by atoms with E-state index < -0.39 is 164 Å². The third-order valence-corrected chi connectivity index (χ3v) is 23.9. The van der Waals surface area contributed by atoms with Gasteiger partial charge >= 0.3 is 92.5 Å². The summed E-state index contributed by atoms with van der Waals surface area (Å²) in [5.41, 5.74) is -0.992. The fourth-order valence-corrected chi connectivity index (χ4v) is 17.6. The normalized spacial score (nSPS) is 13.2. The van der Waals surface area contributed by atoms with Crippen LogP contribution in [0.1, 0.15) is 32.6 Å². The van der Waals surface area contributed by atoms with E-state index in [1.54, 1.807) is 0 Å². The second-order valence-electron chi connectivity index (χ2n) is 19.3. The summed E-state index contributed by atoms with van der Waals surface area (Å²) in [6.07, 6.45) is -3.39. The minimum atomic E-state index is -4.81. The van der Waals surface area contributed by atoms with Gasteiger partial charge in [-0.25, -0.2) is 82.0 Å². The summed E-state index contributed by atoms with van der Waals surface area (Å²) < 4.78 is 240. The monoisotopic (exact) mass is 1400 g/mol. The average Bonchev–Trinajstić information content (AvgIpc) is 1.63. The van der Waals surface area contributed by atoms with Gasteiger partial charge in [0.2, 0.25) is 10.0 Å². The molecule has 42 heteroatoms. The van der Waals surface area contributed by atoms with Crippen molar-refractivity contribution in [1.29, 1.82) is 0 Å². The summed E-state index contributed by atoms with van der Waals surface area (Å²) in [6, 6.07) is 14.3. The second kappa shape index (κ2) is 29.5. The largest absolute Gasteiger partial charge is 2.00 e. The van der Waals surface area contributed by atoms with Crippen LogP contribution < -0.4 is 95.2 Å². The maximum atomic E-state index is 13.9. The molecular weight excluding hydrogens is 1360 g/mol. The molecule has 89 heavy (non-hydrogen) atoms. The molecule has 1 radical (unpaired) electrons. The molecule has 3 aromatic heterocycles. The summed E-state index contributed by atoms with van der Waals surface area (Å²) in [5, 5.41) is 11.6. The van der Waals surface area contributed by atoms with Crippen molar-refractivity contribution < 1.29 is 179 Å². The van der Waals surface area contributed by atoms with Gasteiger partial charge in [0.05, 0.1) is 102 Å². The SMILES string of the molecule is CC([O-])CNS(=O)(=O)CCCS(=O)(=O)c1ccc2c(c1)-c1nc-2nc2[n-]c(nc3nc(nc4[n-]c(n1)c1ccc(S(=O)(=O)CCCS(=O)(=O)[O-])cc41)-c1ccc(S(=O)(=O)CCCS(=O)(=O)[O-])cc1-3)c1ccc(S(=O)(=O)CCCS(=O)(=O)[O-])cc21.[Cu+2].[Li+].[Li+].[Li+].[Li+]. The first-order valence-corrected chi connectivity index (χ1v) is 37.6. The minimum Gasteiger partial charge on any atom is -0.851 e. The van der Waals surface area contributed by atoms with Gasteiger partial charge in [-0.05, 0) is 102 Å². The molecule has 4 aromatic carbocycles. The standard InChI is InChI=1S/C47H46N9O20S8.Cu.4Li/c1-27(57)26-48-81(66,67)18-2-14-77(58,59)28-6-10-32-36(22-28)44-49-40(32)51-45-38-24-30(79(62,63)16-4-20-83(71,72)73)8-12-34(38)42(53-45)55-47-39-25-31(80(64,65)17-5-21-84(74,75)76)9-13-35(39)43(56-47)54-46-37-23-29(7-11-33(37)41(50-44)52-46)78(60,61)15-3-19-82(68,69)70;;;;;/h6-13,22-25,27,48H,2-5,14-21,26H2,1H3,(H3-2,49,50,51,52,53,54,55,56,68,69,70,71,72,73,74,75,76);;;;;/q-3;+2;4*+1/p-3. The molecular formula is C47H43CuLi4N9O20S8. The zero-order chi connectivity index (χ0) is 61.2. The molecule has 0 amide bonds. The second-order valence-corrected chi connectivity index (χ2v) is 34.2. The van der Waals surface area contributed by atoms with Gasteiger partial charge in [0.25, 0.3) is 0 Å². The molecule has 2 aliphatic rings. The Hall–Kier alpha value is -3.45. The Morgan fingerprint density at radius 3 is 0.978 bits per heavy atom. The molecule has 5 heterocycles. The van der Waals surface area contributed by atoms with Gasteiger partial charge < -0.3 is 48.7 Å². The predicted octanol–water partition coefficient (Wildman–Crippen LogP) is -11.9. The molecule has 2 aliphatic heterocycles. The summed E-state index contributed by atoms with van der Waals surface area (Å²) in [7, 11) is -35.9. The number of hydrogen-bond acceptors (Lipinski definition) is 26. The molecule has 0 saturated carbocycles. The van der Waals surface area contributed by atoms with Crippen LogP contribution in [0.3, 0.4) is 0 Å². The van der Waals surface area contributed by atoms with Crippen LogP contribution >= 0.6 is 0 Å². The Morgan fingerprint density at radius 1 is 0.382 bits per heavy atom. The van der Waals surface area contributed by atoms with Crippen LogP contribution in [0.15, 0.2) is 92.4 Å². The number of nitrogens with one attached hydrogen (secondary N) is 1. The van der Waals surface area contributed by atoms with E-state index in [0.717, 1.165) is 36.4 Å². The molecule has 29 nitrogen and oxygen atoms in total. The van der Waals surface area contributed by atoms with Crippen molar-refractivity contribution in [2.45, 2.75) is 58.3 Å². The first-order chi connectivity index (χ1) is 39.0. The fourth-order valence-electron chi connectivity index (χ4n) is 8.86. The topological polar surface area (TPSA) is 483 Å². The quantitative estimate of drug-likeness (QED) is 0.0459. The molecule has 0 saturated heterocycles. The molecule has 9 rings (SSSR count). The van der Waals surface area contributed by atoms with E-state index in [0.29, 0.717) is 0 Å². The van der Waals surface area contributed by atoms with E-state index in [2.05, 4.69) is 24.7 Å². The van der Waals surface area contributed by atoms with Gasteiger partial charge in [-0.1, -0.05) is 31.2 Å². The Morgan fingerprint density at radius 2 is 0.663 bits per heavy atom. The molecule has 0 fully saturated rings. The van der Waals surface area contributed by atoms with E-state index in [9.17, 15) is 86.1 Å². The van der Waals surface area contributed by atoms with Gasteiger partial charge in [0.15, 0.2) is 39.3 Å². The van der Waals surface area contributed by atoms with E-state index in [1.807, 2.05) is 0 Å². The minimum absolute atomic E-state index is 0. The number of nitrogens with zero attached hydrogens (tertiary/aromatic N) is 8. The summed E-state index contributed by atoms with van der Waals surface area (Å²) in [5.74, 6) is -7.78. The molecule has 7 aromatic rings. The van der Waals surface area contributed by atoms with E-state index in [-0.39, 0.29) is 202 Å². The molecule has 8 bridgehead atoms. The summed E-state index contributed by atoms with van der Waals surface area (Å²) >= 11 is 0. The first kappa shape index (κ1) is 78.0. The van der Waals surface area contributed by atoms with Gasteiger partial charge in [-0.3, -0.25) is 0 Å². The van der Waals surface area contributed by atoms with E-state index >= 15 is 0 Å². The van der Waals surface area contributed by atoms with Crippen LogP contribution in [0.5, 0.6) is 0 Å². The average molecular weight is 1400 g/mol. The Balaban J connectivity index is 0.00000339. The van der Waals surface area contributed by atoms with E-state index in [4.69, 9.17) is 19.9 Å². The number of sulfonamides is 1. The Kier molecular flexibility index (Phi) is 25.8. The Bertz CT molecular complexity index is 4980.